The Morgan fingerprint density at radius 2 is 2.22 bits per heavy atom. The minimum absolute atomic E-state index is 0.289. The monoisotopic (exact) mass is 268 g/mol. The SMILES string of the molecule is CC(C)n1cc(OCc2ccc(F)cc2Cl)cn1. The van der Waals surface area contributed by atoms with E-state index in [9.17, 15) is 4.39 Å². The molecule has 0 atom stereocenters. The van der Waals surface area contributed by atoms with Gasteiger partial charge in [-0.25, -0.2) is 4.39 Å². The fraction of sp³-hybridized carbons (Fsp3) is 0.308. The van der Waals surface area contributed by atoms with Gasteiger partial charge in [0, 0.05) is 11.6 Å². The fourth-order valence-electron chi connectivity index (χ4n) is 1.48. The Morgan fingerprint density at radius 3 is 2.83 bits per heavy atom. The molecule has 0 saturated carbocycles. The van der Waals surface area contributed by atoms with Crippen molar-refractivity contribution in [3.8, 4) is 5.75 Å². The molecule has 0 saturated heterocycles. The van der Waals surface area contributed by atoms with Crippen LogP contribution in [0.4, 0.5) is 4.39 Å². The summed E-state index contributed by atoms with van der Waals surface area (Å²) in [6.45, 7) is 4.37. The van der Waals surface area contributed by atoms with Crippen LogP contribution >= 0.6 is 11.6 Å². The predicted octanol–water partition coefficient (Wildman–Crippen LogP) is 3.84. The summed E-state index contributed by atoms with van der Waals surface area (Å²) in [6.07, 6.45) is 3.47. The molecule has 0 spiro atoms. The van der Waals surface area contributed by atoms with Crippen molar-refractivity contribution >= 4 is 11.6 Å². The number of benzene rings is 1. The average Bonchev–Trinajstić information content (AvgIpc) is 2.76. The first-order valence-electron chi connectivity index (χ1n) is 5.67. The van der Waals surface area contributed by atoms with Gasteiger partial charge in [0.15, 0.2) is 5.75 Å². The highest BCUT2D eigenvalue weighted by Gasteiger charge is 2.05. The molecule has 5 heteroatoms. The minimum atomic E-state index is -0.351. The van der Waals surface area contributed by atoms with Gasteiger partial charge in [0.2, 0.25) is 0 Å². The standard InChI is InChI=1S/C13H14ClFN2O/c1-9(2)17-7-12(6-16-17)18-8-10-3-4-11(15)5-13(10)14/h3-7,9H,8H2,1-2H3. The summed E-state index contributed by atoms with van der Waals surface area (Å²) >= 11 is 5.91. The lowest BCUT2D eigenvalue weighted by molar-refractivity contribution is 0.305. The maximum Gasteiger partial charge on any atom is 0.157 e. The number of ether oxygens (including phenoxy) is 1. The summed E-state index contributed by atoms with van der Waals surface area (Å²) in [6, 6.07) is 4.54. The smallest absolute Gasteiger partial charge is 0.157 e. The van der Waals surface area contributed by atoms with Crippen molar-refractivity contribution in [2.24, 2.45) is 0 Å². The summed E-state index contributed by atoms with van der Waals surface area (Å²) < 4.78 is 20.2. The van der Waals surface area contributed by atoms with E-state index in [2.05, 4.69) is 5.10 Å². The van der Waals surface area contributed by atoms with E-state index in [4.69, 9.17) is 16.3 Å². The summed E-state index contributed by atoms with van der Waals surface area (Å²) in [4.78, 5) is 0. The Bertz CT molecular complexity index is 540. The van der Waals surface area contributed by atoms with Crippen LogP contribution in [0.5, 0.6) is 5.75 Å². The van der Waals surface area contributed by atoms with Gasteiger partial charge in [-0.2, -0.15) is 5.10 Å². The molecule has 18 heavy (non-hydrogen) atoms. The molecule has 1 heterocycles. The number of hydrogen-bond acceptors (Lipinski definition) is 2. The zero-order valence-electron chi connectivity index (χ0n) is 10.2. The van der Waals surface area contributed by atoms with E-state index < -0.39 is 0 Å². The van der Waals surface area contributed by atoms with Crippen LogP contribution in [0.25, 0.3) is 0 Å². The average molecular weight is 269 g/mol. The van der Waals surface area contributed by atoms with Gasteiger partial charge in [-0.05, 0) is 26.0 Å². The van der Waals surface area contributed by atoms with Gasteiger partial charge < -0.3 is 4.74 Å². The summed E-state index contributed by atoms with van der Waals surface area (Å²) in [5.74, 6) is 0.320. The molecular formula is C13H14ClFN2O. The van der Waals surface area contributed by atoms with Gasteiger partial charge in [-0.1, -0.05) is 17.7 Å². The van der Waals surface area contributed by atoms with Gasteiger partial charge >= 0.3 is 0 Å². The number of hydrogen-bond donors (Lipinski definition) is 0. The normalized spacial score (nSPS) is 10.9. The summed E-state index contributed by atoms with van der Waals surface area (Å²) in [5, 5.41) is 4.53. The van der Waals surface area contributed by atoms with Crippen LogP contribution in [-0.4, -0.2) is 9.78 Å². The number of aromatic nitrogens is 2. The topological polar surface area (TPSA) is 27.1 Å². The van der Waals surface area contributed by atoms with Crippen molar-refractivity contribution in [3.63, 3.8) is 0 Å². The molecule has 0 bridgehead atoms. The lowest BCUT2D eigenvalue weighted by Gasteiger charge is -2.06. The largest absolute Gasteiger partial charge is 0.486 e. The third-order valence-electron chi connectivity index (χ3n) is 2.52. The number of halogens is 2. The van der Waals surface area contributed by atoms with Crippen molar-refractivity contribution in [2.45, 2.75) is 26.5 Å². The molecule has 0 aliphatic heterocycles. The molecule has 1 aromatic carbocycles. The van der Waals surface area contributed by atoms with Gasteiger partial charge in [-0.3, -0.25) is 4.68 Å². The number of rotatable bonds is 4. The minimum Gasteiger partial charge on any atom is -0.486 e. The highest BCUT2D eigenvalue weighted by atomic mass is 35.5. The first-order chi connectivity index (χ1) is 8.56. The van der Waals surface area contributed by atoms with Crippen LogP contribution in [0.15, 0.2) is 30.6 Å². The van der Waals surface area contributed by atoms with E-state index in [1.165, 1.54) is 12.1 Å². The first-order valence-corrected chi connectivity index (χ1v) is 6.05. The van der Waals surface area contributed by atoms with Gasteiger partial charge in [-0.15, -0.1) is 0 Å². The molecule has 0 aliphatic rings. The fourth-order valence-corrected chi connectivity index (χ4v) is 1.70. The maximum absolute atomic E-state index is 12.9. The molecule has 3 nitrogen and oxygen atoms in total. The second kappa shape index (κ2) is 5.40. The molecule has 2 aromatic rings. The van der Waals surface area contributed by atoms with Crippen LogP contribution in [0.2, 0.25) is 5.02 Å². The van der Waals surface area contributed by atoms with Gasteiger partial charge in [0.1, 0.15) is 12.4 Å². The van der Waals surface area contributed by atoms with E-state index in [1.54, 1.807) is 12.3 Å². The van der Waals surface area contributed by atoms with Crippen molar-refractivity contribution < 1.29 is 9.13 Å². The van der Waals surface area contributed by atoms with Crippen molar-refractivity contribution in [2.75, 3.05) is 0 Å². The Hall–Kier alpha value is -1.55. The predicted molar refractivity (Wildman–Crippen MR) is 68.4 cm³/mol. The van der Waals surface area contributed by atoms with Gasteiger partial charge in [0.05, 0.1) is 17.4 Å². The van der Waals surface area contributed by atoms with E-state index in [0.29, 0.717) is 17.4 Å². The Kier molecular flexibility index (Phi) is 3.87. The Labute approximate surface area is 110 Å². The molecule has 1 aromatic heterocycles. The molecule has 0 unspecified atom stereocenters. The molecule has 0 aliphatic carbocycles. The maximum atomic E-state index is 12.9. The van der Waals surface area contributed by atoms with E-state index in [1.807, 2.05) is 24.7 Å². The van der Waals surface area contributed by atoms with Crippen molar-refractivity contribution in [3.05, 3.63) is 47.0 Å². The quantitative estimate of drug-likeness (QED) is 0.842. The molecule has 0 N–H and O–H groups in total. The van der Waals surface area contributed by atoms with Crippen LogP contribution in [0.3, 0.4) is 0 Å². The van der Waals surface area contributed by atoms with E-state index in [0.717, 1.165) is 5.56 Å². The third-order valence-corrected chi connectivity index (χ3v) is 2.87. The second-order valence-corrected chi connectivity index (χ2v) is 4.68. The van der Waals surface area contributed by atoms with Crippen LogP contribution < -0.4 is 4.74 Å². The summed E-state index contributed by atoms with van der Waals surface area (Å²) in [5.41, 5.74) is 0.746. The van der Waals surface area contributed by atoms with Crippen LogP contribution in [-0.2, 0) is 6.61 Å². The molecular weight excluding hydrogens is 255 g/mol. The second-order valence-electron chi connectivity index (χ2n) is 4.27. The highest BCUT2D eigenvalue weighted by molar-refractivity contribution is 6.31. The molecule has 96 valence electrons. The van der Waals surface area contributed by atoms with E-state index >= 15 is 0 Å². The first kappa shape index (κ1) is 12.9. The molecule has 0 radical (unpaired) electrons. The molecule has 0 fully saturated rings. The van der Waals surface area contributed by atoms with Crippen LogP contribution in [0.1, 0.15) is 25.5 Å². The highest BCUT2D eigenvalue weighted by Crippen LogP contribution is 2.20. The Balaban J connectivity index is 2.02. The molecule has 2 rings (SSSR count). The van der Waals surface area contributed by atoms with E-state index in [-0.39, 0.29) is 11.9 Å². The lowest BCUT2D eigenvalue weighted by atomic mass is 10.2. The zero-order chi connectivity index (χ0) is 13.1. The number of nitrogens with zero attached hydrogens (tertiary/aromatic N) is 2. The lowest BCUT2D eigenvalue weighted by Crippen LogP contribution is -2.00. The molecule has 0 amide bonds. The van der Waals surface area contributed by atoms with Crippen molar-refractivity contribution in [1.82, 2.24) is 9.78 Å². The van der Waals surface area contributed by atoms with Gasteiger partial charge in [0.25, 0.3) is 0 Å². The third kappa shape index (κ3) is 3.01. The zero-order valence-corrected chi connectivity index (χ0v) is 11.0. The summed E-state index contributed by atoms with van der Waals surface area (Å²) in [7, 11) is 0. The van der Waals surface area contributed by atoms with Crippen molar-refractivity contribution in [1.29, 1.82) is 0 Å². The van der Waals surface area contributed by atoms with Crippen LogP contribution in [0, 0.1) is 5.82 Å². The Morgan fingerprint density at radius 1 is 1.44 bits per heavy atom.